The average Bonchev–Trinajstić information content (AvgIpc) is 2.58. The van der Waals surface area contributed by atoms with Crippen molar-refractivity contribution in [2.75, 3.05) is 6.61 Å². The maximum atomic E-state index is 5.43. The van der Waals surface area contributed by atoms with Gasteiger partial charge in [0.15, 0.2) is 0 Å². The van der Waals surface area contributed by atoms with E-state index in [1.165, 1.54) is 5.56 Å². The van der Waals surface area contributed by atoms with Gasteiger partial charge in [0.1, 0.15) is 6.10 Å². The molecule has 2 rings (SSSR count). The van der Waals surface area contributed by atoms with Crippen LogP contribution < -0.4 is 0 Å². The predicted octanol–water partition coefficient (Wildman–Crippen LogP) is 2.31. The molecule has 0 aromatic heterocycles. The van der Waals surface area contributed by atoms with E-state index in [1.807, 2.05) is 18.2 Å². The lowest BCUT2D eigenvalue weighted by Gasteiger charge is -2.06. The van der Waals surface area contributed by atoms with Crippen molar-refractivity contribution in [3.05, 3.63) is 48.0 Å². The van der Waals surface area contributed by atoms with E-state index in [-0.39, 0.29) is 6.10 Å². The van der Waals surface area contributed by atoms with Crippen LogP contribution in [-0.2, 0) is 4.74 Å². The number of hydrogen-bond acceptors (Lipinski definition) is 1. The van der Waals surface area contributed by atoms with Crippen molar-refractivity contribution < 1.29 is 4.74 Å². The highest BCUT2D eigenvalue weighted by molar-refractivity contribution is 5.22. The Kier molecular flexibility index (Phi) is 1.74. The van der Waals surface area contributed by atoms with Crippen molar-refractivity contribution in [2.45, 2.75) is 6.10 Å². The molecule has 1 atom stereocenters. The molecule has 56 valence electrons. The van der Waals surface area contributed by atoms with Gasteiger partial charge in [-0.05, 0) is 5.56 Å². The lowest BCUT2D eigenvalue weighted by Crippen LogP contribution is -1.94. The second-order valence-corrected chi connectivity index (χ2v) is 2.59. The van der Waals surface area contributed by atoms with Gasteiger partial charge in [0.25, 0.3) is 0 Å². The minimum Gasteiger partial charge on any atom is -0.365 e. The zero-order chi connectivity index (χ0) is 7.52. The van der Waals surface area contributed by atoms with E-state index in [4.69, 9.17) is 4.74 Å². The molecule has 0 spiro atoms. The summed E-state index contributed by atoms with van der Waals surface area (Å²) in [6.45, 7) is 0.750. The first-order chi connectivity index (χ1) is 5.47. The molecule has 1 aliphatic heterocycles. The fraction of sp³-hybridized carbons (Fsp3) is 0.200. The summed E-state index contributed by atoms with van der Waals surface area (Å²) in [5.41, 5.74) is 1.24. The summed E-state index contributed by atoms with van der Waals surface area (Å²) in [7, 11) is 0. The van der Waals surface area contributed by atoms with E-state index in [0.717, 1.165) is 6.61 Å². The Bertz CT molecular complexity index is 251. The molecule has 11 heavy (non-hydrogen) atoms. The Hall–Kier alpha value is -1.08. The van der Waals surface area contributed by atoms with Crippen LogP contribution in [0.3, 0.4) is 0 Å². The van der Waals surface area contributed by atoms with Gasteiger partial charge in [-0.3, -0.25) is 0 Å². The molecule has 0 saturated carbocycles. The van der Waals surface area contributed by atoms with Crippen LogP contribution in [0.1, 0.15) is 11.7 Å². The number of rotatable bonds is 1. The number of hydrogen-bond donors (Lipinski definition) is 0. The summed E-state index contributed by atoms with van der Waals surface area (Å²) in [5.74, 6) is 0. The van der Waals surface area contributed by atoms with Crippen LogP contribution in [0, 0.1) is 0 Å². The van der Waals surface area contributed by atoms with Gasteiger partial charge in [-0.2, -0.15) is 0 Å². The summed E-state index contributed by atoms with van der Waals surface area (Å²) >= 11 is 0. The molecule has 0 unspecified atom stereocenters. The third kappa shape index (κ3) is 1.33. The Morgan fingerprint density at radius 2 is 2.00 bits per heavy atom. The maximum Gasteiger partial charge on any atom is 0.101 e. The van der Waals surface area contributed by atoms with Gasteiger partial charge in [0.05, 0.1) is 6.61 Å². The van der Waals surface area contributed by atoms with Crippen LogP contribution in [0.2, 0.25) is 0 Å². The summed E-state index contributed by atoms with van der Waals surface area (Å²) in [6, 6.07) is 10.2. The van der Waals surface area contributed by atoms with Crippen LogP contribution in [0.25, 0.3) is 0 Å². The Morgan fingerprint density at radius 1 is 1.18 bits per heavy atom. The average molecular weight is 146 g/mol. The lowest BCUT2D eigenvalue weighted by atomic mass is 10.1. The maximum absolute atomic E-state index is 5.43. The first-order valence-corrected chi connectivity index (χ1v) is 3.80. The van der Waals surface area contributed by atoms with Crippen LogP contribution in [0.5, 0.6) is 0 Å². The Morgan fingerprint density at radius 3 is 2.64 bits per heavy atom. The molecule has 0 saturated heterocycles. The van der Waals surface area contributed by atoms with Crippen LogP contribution in [-0.4, -0.2) is 6.61 Å². The monoisotopic (exact) mass is 146 g/mol. The molecule has 1 aromatic rings. The van der Waals surface area contributed by atoms with Crippen molar-refractivity contribution in [2.24, 2.45) is 0 Å². The van der Waals surface area contributed by atoms with Crippen molar-refractivity contribution >= 4 is 0 Å². The van der Waals surface area contributed by atoms with E-state index in [1.54, 1.807) is 0 Å². The van der Waals surface area contributed by atoms with Crippen molar-refractivity contribution in [1.82, 2.24) is 0 Å². The molecular formula is C10H10O. The summed E-state index contributed by atoms with van der Waals surface area (Å²) in [6.07, 6.45) is 4.34. The van der Waals surface area contributed by atoms with Gasteiger partial charge in [-0.1, -0.05) is 42.5 Å². The fourth-order valence-electron chi connectivity index (χ4n) is 1.24. The van der Waals surface area contributed by atoms with Crippen LogP contribution >= 0.6 is 0 Å². The van der Waals surface area contributed by atoms with E-state index in [2.05, 4.69) is 24.3 Å². The standard InChI is InChI=1S/C10H10O/c1-2-5-9(6-3-1)10-7-4-8-11-10/h1-7,10H,8H2/t10-/m1/s1. The van der Waals surface area contributed by atoms with Gasteiger partial charge >= 0.3 is 0 Å². The molecule has 1 aliphatic rings. The normalized spacial score (nSPS) is 22.4. The highest BCUT2D eigenvalue weighted by Gasteiger charge is 2.10. The SMILES string of the molecule is C1=C[C@H](c2ccccc2)OC1. The third-order valence-corrected chi connectivity index (χ3v) is 1.81. The van der Waals surface area contributed by atoms with Crippen molar-refractivity contribution in [1.29, 1.82) is 0 Å². The quantitative estimate of drug-likeness (QED) is 0.552. The molecule has 0 amide bonds. The molecule has 0 N–H and O–H groups in total. The van der Waals surface area contributed by atoms with Crippen LogP contribution in [0.4, 0.5) is 0 Å². The van der Waals surface area contributed by atoms with E-state index >= 15 is 0 Å². The van der Waals surface area contributed by atoms with Crippen molar-refractivity contribution in [3.63, 3.8) is 0 Å². The van der Waals surface area contributed by atoms with E-state index in [9.17, 15) is 0 Å². The second kappa shape index (κ2) is 2.89. The first-order valence-electron chi connectivity index (χ1n) is 3.80. The van der Waals surface area contributed by atoms with E-state index < -0.39 is 0 Å². The summed E-state index contributed by atoms with van der Waals surface area (Å²) in [4.78, 5) is 0. The van der Waals surface area contributed by atoms with Crippen molar-refractivity contribution in [3.8, 4) is 0 Å². The van der Waals surface area contributed by atoms with Gasteiger partial charge < -0.3 is 4.74 Å². The fourth-order valence-corrected chi connectivity index (χ4v) is 1.24. The molecule has 1 nitrogen and oxygen atoms in total. The lowest BCUT2D eigenvalue weighted by molar-refractivity contribution is 0.129. The number of benzene rings is 1. The minimum atomic E-state index is 0.191. The zero-order valence-corrected chi connectivity index (χ0v) is 6.23. The number of ether oxygens (including phenoxy) is 1. The molecule has 0 fully saturated rings. The first kappa shape index (κ1) is 6.62. The van der Waals surface area contributed by atoms with Gasteiger partial charge in [0, 0.05) is 0 Å². The third-order valence-electron chi connectivity index (χ3n) is 1.81. The van der Waals surface area contributed by atoms with Gasteiger partial charge in [-0.25, -0.2) is 0 Å². The highest BCUT2D eigenvalue weighted by Crippen LogP contribution is 2.21. The minimum absolute atomic E-state index is 0.191. The second-order valence-electron chi connectivity index (χ2n) is 2.59. The van der Waals surface area contributed by atoms with Gasteiger partial charge in [-0.15, -0.1) is 0 Å². The topological polar surface area (TPSA) is 9.23 Å². The molecule has 0 radical (unpaired) electrons. The highest BCUT2D eigenvalue weighted by atomic mass is 16.5. The molecule has 1 heteroatoms. The zero-order valence-electron chi connectivity index (χ0n) is 6.23. The summed E-state index contributed by atoms with van der Waals surface area (Å²) < 4.78 is 5.43. The molecule has 1 heterocycles. The molecular weight excluding hydrogens is 136 g/mol. The molecule has 0 aliphatic carbocycles. The van der Waals surface area contributed by atoms with E-state index in [0.29, 0.717) is 0 Å². The molecule has 0 bridgehead atoms. The Balaban J connectivity index is 2.23. The molecule has 1 aromatic carbocycles. The largest absolute Gasteiger partial charge is 0.365 e. The van der Waals surface area contributed by atoms with Crippen LogP contribution in [0.15, 0.2) is 42.5 Å². The van der Waals surface area contributed by atoms with Gasteiger partial charge in [0.2, 0.25) is 0 Å². The summed E-state index contributed by atoms with van der Waals surface area (Å²) in [5, 5.41) is 0. The predicted molar refractivity (Wildman–Crippen MR) is 44.3 cm³/mol. The smallest absolute Gasteiger partial charge is 0.101 e. The Labute approximate surface area is 66.3 Å².